The van der Waals surface area contributed by atoms with Crippen LogP contribution in [0.4, 0.5) is 0 Å². The van der Waals surface area contributed by atoms with E-state index in [1.807, 2.05) is 42.2 Å². The van der Waals surface area contributed by atoms with E-state index in [2.05, 4.69) is 17.1 Å². The van der Waals surface area contributed by atoms with E-state index in [9.17, 15) is 9.59 Å². The summed E-state index contributed by atoms with van der Waals surface area (Å²) in [5, 5.41) is 0. The molecule has 3 aromatic rings. The van der Waals surface area contributed by atoms with Crippen molar-refractivity contribution in [3.63, 3.8) is 0 Å². The number of benzene rings is 1. The van der Waals surface area contributed by atoms with Crippen LogP contribution in [-0.2, 0) is 17.8 Å². The average Bonchev–Trinajstić information content (AvgIpc) is 3.30. The molecule has 1 aliphatic rings. The van der Waals surface area contributed by atoms with E-state index >= 15 is 0 Å². The smallest absolute Gasteiger partial charge is 0.330 e. The minimum absolute atomic E-state index is 0.00391. The second-order valence-electron chi connectivity index (χ2n) is 7.36. The number of imidazole rings is 1. The first-order chi connectivity index (χ1) is 13.7. The number of carbonyl (C=O) groups is 1. The first-order valence-electron chi connectivity index (χ1n) is 10.1. The average molecular weight is 378 g/mol. The van der Waals surface area contributed by atoms with Gasteiger partial charge in [-0.3, -0.25) is 13.9 Å². The number of likely N-dealkylation sites (tertiary alicyclic amines) is 1. The molecule has 4 rings (SSSR count). The van der Waals surface area contributed by atoms with Crippen LogP contribution < -0.4 is 5.69 Å². The highest BCUT2D eigenvalue weighted by Crippen LogP contribution is 2.25. The molecule has 146 valence electrons. The molecule has 1 aliphatic heterocycles. The Morgan fingerprint density at radius 2 is 2.00 bits per heavy atom. The Balaban J connectivity index is 1.43. The first kappa shape index (κ1) is 18.5. The lowest BCUT2D eigenvalue weighted by atomic mass is 10.1. The van der Waals surface area contributed by atoms with E-state index in [0.29, 0.717) is 26.1 Å². The number of amides is 1. The molecule has 0 bridgehead atoms. The monoisotopic (exact) mass is 378 g/mol. The molecule has 0 aliphatic carbocycles. The summed E-state index contributed by atoms with van der Waals surface area (Å²) >= 11 is 0. The number of nitrogens with zero attached hydrogens (tertiary/aromatic N) is 4. The third-order valence-electron chi connectivity index (χ3n) is 5.62. The number of hydrogen-bond donors (Lipinski definition) is 0. The van der Waals surface area contributed by atoms with E-state index in [0.717, 1.165) is 30.4 Å². The van der Waals surface area contributed by atoms with Gasteiger partial charge in [-0.2, -0.15) is 0 Å². The van der Waals surface area contributed by atoms with Gasteiger partial charge in [0.15, 0.2) is 5.65 Å². The molecule has 1 atom stereocenters. The van der Waals surface area contributed by atoms with Crippen LogP contribution in [0.2, 0.25) is 0 Å². The summed E-state index contributed by atoms with van der Waals surface area (Å²) in [5.41, 5.74) is 2.82. The molecule has 0 N–H and O–H groups in total. The Kier molecular flexibility index (Phi) is 5.28. The van der Waals surface area contributed by atoms with Gasteiger partial charge in [0, 0.05) is 32.3 Å². The van der Waals surface area contributed by atoms with Gasteiger partial charge < -0.3 is 4.90 Å². The second-order valence-corrected chi connectivity index (χ2v) is 7.36. The van der Waals surface area contributed by atoms with Crippen LogP contribution in [-0.4, -0.2) is 38.0 Å². The zero-order chi connectivity index (χ0) is 19.5. The molecular weight excluding hydrogens is 352 g/mol. The lowest BCUT2D eigenvalue weighted by molar-refractivity contribution is -0.130. The number of aryl methyl sites for hydroxylation is 2. The van der Waals surface area contributed by atoms with E-state index in [1.54, 1.807) is 15.3 Å². The molecule has 1 amide bonds. The van der Waals surface area contributed by atoms with Gasteiger partial charge in [-0.05, 0) is 43.9 Å². The van der Waals surface area contributed by atoms with Gasteiger partial charge >= 0.3 is 5.69 Å². The van der Waals surface area contributed by atoms with Crippen molar-refractivity contribution in [2.45, 2.75) is 45.2 Å². The molecule has 3 heterocycles. The van der Waals surface area contributed by atoms with E-state index in [1.165, 1.54) is 5.56 Å². The maximum atomic E-state index is 12.9. The minimum atomic E-state index is -0.0282. The highest BCUT2D eigenvalue weighted by molar-refractivity contribution is 5.76. The van der Waals surface area contributed by atoms with Crippen molar-refractivity contribution in [3.05, 3.63) is 64.7 Å². The summed E-state index contributed by atoms with van der Waals surface area (Å²) < 4.78 is 3.54. The van der Waals surface area contributed by atoms with Crippen molar-refractivity contribution in [3.8, 4) is 0 Å². The predicted molar refractivity (Wildman–Crippen MR) is 109 cm³/mol. The Morgan fingerprint density at radius 3 is 2.79 bits per heavy atom. The zero-order valence-electron chi connectivity index (χ0n) is 16.3. The molecule has 6 heteroatoms. The van der Waals surface area contributed by atoms with Gasteiger partial charge in [-0.25, -0.2) is 9.78 Å². The molecule has 2 aromatic heterocycles. The van der Waals surface area contributed by atoms with Crippen molar-refractivity contribution < 1.29 is 4.79 Å². The SMILES string of the molecule is CCn1c(=O)n([C@@H]2CCN(C(=O)CCCc3ccccc3)C2)c2ncccc21. The molecule has 0 unspecified atom stereocenters. The van der Waals surface area contributed by atoms with Crippen LogP contribution in [0.15, 0.2) is 53.5 Å². The van der Waals surface area contributed by atoms with Gasteiger partial charge in [-0.1, -0.05) is 30.3 Å². The fourth-order valence-corrected chi connectivity index (χ4v) is 4.17. The third kappa shape index (κ3) is 3.46. The maximum absolute atomic E-state index is 12.9. The summed E-state index contributed by atoms with van der Waals surface area (Å²) in [4.78, 5) is 31.9. The molecule has 28 heavy (non-hydrogen) atoms. The van der Waals surface area contributed by atoms with Crippen LogP contribution in [0.3, 0.4) is 0 Å². The maximum Gasteiger partial charge on any atom is 0.330 e. The van der Waals surface area contributed by atoms with E-state index < -0.39 is 0 Å². The lowest BCUT2D eigenvalue weighted by Gasteiger charge is -2.17. The van der Waals surface area contributed by atoms with Crippen molar-refractivity contribution in [1.29, 1.82) is 0 Å². The number of fused-ring (bicyclic) bond motifs is 1. The highest BCUT2D eigenvalue weighted by atomic mass is 16.2. The van der Waals surface area contributed by atoms with Crippen LogP contribution in [0.1, 0.15) is 37.8 Å². The summed E-state index contributed by atoms with van der Waals surface area (Å²) in [6.45, 7) is 3.87. The summed E-state index contributed by atoms with van der Waals surface area (Å²) in [6.07, 6.45) is 4.83. The first-order valence-corrected chi connectivity index (χ1v) is 10.1. The zero-order valence-corrected chi connectivity index (χ0v) is 16.3. The van der Waals surface area contributed by atoms with Gasteiger partial charge in [0.05, 0.1) is 11.6 Å². The number of hydrogen-bond acceptors (Lipinski definition) is 3. The number of pyridine rings is 1. The number of aromatic nitrogens is 3. The van der Waals surface area contributed by atoms with Crippen molar-refractivity contribution in [2.24, 2.45) is 0 Å². The Bertz CT molecular complexity index is 1020. The quantitative estimate of drug-likeness (QED) is 0.662. The molecule has 1 saturated heterocycles. The van der Waals surface area contributed by atoms with Crippen molar-refractivity contribution in [2.75, 3.05) is 13.1 Å². The molecule has 0 saturated carbocycles. The summed E-state index contributed by atoms with van der Waals surface area (Å²) in [6, 6.07) is 14.0. The largest absolute Gasteiger partial charge is 0.341 e. The Hall–Kier alpha value is -2.89. The number of rotatable bonds is 6. The second kappa shape index (κ2) is 8.00. The van der Waals surface area contributed by atoms with Gasteiger partial charge in [0.25, 0.3) is 0 Å². The van der Waals surface area contributed by atoms with Gasteiger partial charge in [0.1, 0.15) is 0 Å². The van der Waals surface area contributed by atoms with Gasteiger partial charge in [-0.15, -0.1) is 0 Å². The molecule has 1 aromatic carbocycles. The predicted octanol–water partition coefficient (Wildman–Crippen LogP) is 3.01. The van der Waals surface area contributed by atoms with Crippen LogP contribution in [0.5, 0.6) is 0 Å². The molecule has 0 radical (unpaired) electrons. The molecular formula is C22H26N4O2. The van der Waals surface area contributed by atoms with Crippen molar-refractivity contribution in [1.82, 2.24) is 19.0 Å². The van der Waals surface area contributed by atoms with Gasteiger partial charge in [0.2, 0.25) is 5.91 Å². The minimum Gasteiger partial charge on any atom is -0.341 e. The van der Waals surface area contributed by atoms with Crippen LogP contribution >= 0.6 is 0 Å². The molecule has 6 nitrogen and oxygen atoms in total. The van der Waals surface area contributed by atoms with Crippen molar-refractivity contribution >= 4 is 17.1 Å². The molecule has 0 spiro atoms. The molecule has 1 fully saturated rings. The normalized spacial score (nSPS) is 16.8. The van der Waals surface area contributed by atoms with Crippen LogP contribution in [0.25, 0.3) is 11.2 Å². The number of carbonyl (C=O) groups excluding carboxylic acids is 1. The fraction of sp³-hybridized carbons (Fsp3) is 0.409. The van der Waals surface area contributed by atoms with E-state index in [4.69, 9.17) is 0 Å². The fourth-order valence-electron chi connectivity index (χ4n) is 4.17. The standard InChI is InChI=1S/C22H26N4O2/c1-2-25-19-11-7-14-23-21(19)26(22(25)28)18-13-15-24(16-18)20(27)12-6-10-17-8-4-3-5-9-17/h3-5,7-9,11,14,18H,2,6,10,12-13,15-16H2,1H3/t18-/m1/s1. The topological polar surface area (TPSA) is 60.1 Å². The Morgan fingerprint density at radius 1 is 1.18 bits per heavy atom. The van der Waals surface area contributed by atoms with Crippen LogP contribution in [0, 0.1) is 0 Å². The third-order valence-corrected chi connectivity index (χ3v) is 5.62. The Labute approximate surface area is 164 Å². The lowest BCUT2D eigenvalue weighted by Crippen LogP contribution is -2.32. The highest BCUT2D eigenvalue weighted by Gasteiger charge is 2.30. The summed E-state index contributed by atoms with van der Waals surface area (Å²) in [5.74, 6) is 0.179. The summed E-state index contributed by atoms with van der Waals surface area (Å²) in [7, 11) is 0. The van der Waals surface area contributed by atoms with E-state index in [-0.39, 0.29) is 17.6 Å².